The minimum absolute atomic E-state index is 0.0959. The SMILES string of the molecule is COc1ccccc1CCC(=O)O[C@H](C)C(=O)c1ccc(NC(=O)C(C)C)cc1. The third-order valence-electron chi connectivity index (χ3n) is 4.43. The van der Waals surface area contributed by atoms with Crippen LogP contribution in [0.5, 0.6) is 5.75 Å². The highest BCUT2D eigenvalue weighted by molar-refractivity contribution is 6.01. The zero-order chi connectivity index (χ0) is 21.4. The fourth-order valence-corrected chi connectivity index (χ4v) is 2.69. The molecule has 0 unspecified atom stereocenters. The molecule has 0 radical (unpaired) electrons. The smallest absolute Gasteiger partial charge is 0.306 e. The van der Waals surface area contributed by atoms with Gasteiger partial charge >= 0.3 is 5.97 Å². The lowest BCUT2D eigenvalue weighted by Gasteiger charge is -2.14. The summed E-state index contributed by atoms with van der Waals surface area (Å²) < 4.78 is 10.6. The van der Waals surface area contributed by atoms with Crippen LogP contribution in [0.4, 0.5) is 5.69 Å². The number of rotatable bonds is 9. The Kier molecular flexibility index (Phi) is 7.95. The summed E-state index contributed by atoms with van der Waals surface area (Å²) in [6, 6.07) is 14.0. The van der Waals surface area contributed by atoms with Gasteiger partial charge in [-0.05, 0) is 49.2 Å². The summed E-state index contributed by atoms with van der Waals surface area (Å²) in [5, 5.41) is 2.76. The van der Waals surface area contributed by atoms with Gasteiger partial charge < -0.3 is 14.8 Å². The lowest BCUT2D eigenvalue weighted by molar-refractivity contribution is -0.146. The van der Waals surface area contributed by atoms with Gasteiger partial charge in [-0.3, -0.25) is 14.4 Å². The van der Waals surface area contributed by atoms with E-state index in [4.69, 9.17) is 9.47 Å². The quantitative estimate of drug-likeness (QED) is 0.510. The zero-order valence-electron chi connectivity index (χ0n) is 17.2. The Balaban J connectivity index is 1.89. The van der Waals surface area contributed by atoms with Crippen molar-refractivity contribution in [2.75, 3.05) is 12.4 Å². The molecular formula is C23H27NO5. The van der Waals surface area contributed by atoms with Gasteiger partial charge in [-0.25, -0.2) is 0 Å². The molecule has 1 amide bonds. The number of aryl methyl sites for hydroxylation is 1. The Hall–Kier alpha value is -3.15. The molecule has 0 spiro atoms. The van der Waals surface area contributed by atoms with Gasteiger partial charge in [-0.1, -0.05) is 32.0 Å². The molecule has 0 aliphatic heterocycles. The molecule has 2 rings (SSSR count). The van der Waals surface area contributed by atoms with E-state index in [0.717, 1.165) is 5.56 Å². The summed E-state index contributed by atoms with van der Waals surface area (Å²) in [5.41, 5.74) is 1.93. The molecule has 1 N–H and O–H groups in total. The van der Waals surface area contributed by atoms with E-state index in [1.54, 1.807) is 52.1 Å². The molecule has 0 aliphatic rings. The number of ketones is 1. The van der Waals surface area contributed by atoms with Crippen molar-refractivity contribution in [2.45, 2.75) is 39.7 Å². The second-order valence-electron chi connectivity index (χ2n) is 7.03. The average Bonchev–Trinajstić information content (AvgIpc) is 2.72. The van der Waals surface area contributed by atoms with Gasteiger partial charge in [-0.15, -0.1) is 0 Å². The molecule has 0 fully saturated rings. The van der Waals surface area contributed by atoms with E-state index >= 15 is 0 Å². The maximum atomic E-state index is 12.5. The van der Waals surface area contributed by atoms with Crippen LogP contribution >= 0.6 is 0 Å². The number of carbonyl (C=O) groups excluding carboxylic acids is 3. The second kappa shape index (κ2) is 10.4. The van der Waals surface area contributed by atoms with Gasteiger partial charge in [0.1, 0.15) is 5.75 Å². The van der Waals surface area contributed by atoms with Crippen molar-refractivity contribution in [1.29, 1.82) is 0 Å². The lowest BCUT2D eigenvalue weighted by atomic mass is 10.1. The molecule has 0 heterocycles. The summed E-state index contributed by atoms with van der Waals surface area (Å²) in [4.78, 5) is 36.4. The first-order valence-electron chi connectivity index (χ1n) is 9.58. The van der Waals surface area contributed by atoms with Crippen LogP contribution in [0.1, 0.15) is 43.1 Å². The highest BCUT2D eigenvalue weighted by Crippen LogP contribution is 2.19. The van der Waals surface area contributed by atoms with E-state index in [2.05, 4.69) is 5.32 Å². The van der Waals surface area contributed by atoms with Crippen molar-refractivity contribution in [1.82, 2.24) is 0 Å². The Morgan fingerprint density at radius 1 is 0.966 bits per heavy atom. The predicted molar refractivity (Wildman–Crippen MR) is 111 cm³/mol. The molecule has 6 nitrogen and oxygen atoms in total. The number of anilines is 1. The lowest BCUT2D eigenvalue weighted by Crippen LogP contribution is -2.24. The first-order valence-corrected chi connectivity index (χ1v) is 9.58. The van der Waals surface area contributed by atoms with Gasteiger partial charge in [-0.2, -0.15) is 0 Å². The summed E-state index contributed by atoms with van der Waals surface area (Å²) >= 11 is 0. The Bertz CT molecular complexity index is 858. The molecule has 0 aliphatic carbocycles. The van der Waals surface area contributed by atoms with Crippen molar-refractivity contribution in [3.63, 3.8) is 0 Å². The molecular weight excluding hydrogens is 370 g/mol. The Morgan fingerprint density at radius 2 is 1.62 bits per heavy atom. The van der Waals surface area contributed by atoms with Crippen molar-refractivity contribution < 1.29 is 23.9 Å². The number of esters is 1. The fourth-order valence-electron chi connectivity index (χ4n) is 2.69. The van der Waals surface area contributed by atoms with E-state index in [0.29, 0.717) is 23.4 Å². The number of amides is 1. The van der Waals surface area contributed by atoms with Crippen LogP contribution in [0.2, 0.25) is 0 Å². The maximum absolute atomic E-state index is 12.5. The second-order valence-corrected chi connectivity index (χ2v) is 7.03. The predicted octanol–water partition coefficient (Wildman–Crippen LogP) is 4.04. The number of benzene rings is 2. The van der Waals surface area contributed by atoms with E-state index in [1.165, 1.54) is 0 Å². The molecule has 0 saturated carbocycles. The molecule has 1 atom stereocenters. The zero-order valence-corrected chi connectivity index (χ0v) is 17.2. The number of nitrogens with one attached hydrogen (secondary N) is 1. The number of carbonyl (C=O) groups is 3. The third kappa shape index (κ3) is 6.45. The van der Waals surface area contributed by atoms with E-state index in [1.807, 2.05) is 24.3 Å². The van der Waals surface area contributed by atoms with Gasteiger partial charge in [0.25, 0.3) is 0 Å². The van der Waals surface area contributed by atoms with Crippen LogP contribution in [-0.4, -0.2) is 30.9 Å². The number of hydrogen-bond donors (Lipinski definition) is 1. The summed E-state index contributed by atoms with van der Waals surface area (Å²) in [6.45, 7) is 5.16. The van der Waals surface area contributed by atoms with E-state index < -0.39 is 12.1 Å². The molecule has 0 bridgehead atoms. The fraction of sp³-hybridized carbons (Fsp3) is 0.348. The molecule has 0 aromatic heterocycles. The van der Waals surface area contributed by atoms with Crippen LogP contribution in [0.25, 0.3) is 0 Å². The number of para-hydroxylation sites is 1. The molecule has 6 heteroatoms. The standard InChI is InChI=1S/C23H27NO5/c1-15(2)23(27)24-19-12-9-18(10-13-19)22(26)16(3)29-21(25)14-11-17-7-5-6-8-20(17)28-4/h5-10,12-13,15-16H,11,14H2,1-4H3,(H,24,27)/t16-/m1/s1. The Morgan fingerprint density at radius 3 is 2.24 bits per heavy atom. The first kappa shape index (κ1) is 22.1. The largest absolute Gasteiger partial charge is 0.496 e. The van der Waals surface area contributed by atoms with Crippen LogP contribution in [0.15, 0.2) is 48.5 Å². The van der Waals surface area contributed by atoms with Crippen LogP contribution in [0, 0.1) is 5.92 Å². The monoisotopic (exact) mass is 397 g/mol. The molecule has 0 saturated heterocycles. The minimum Gasteiger partial charge on any atom is -0.496 e. The molecule has 29 heavy (non-hydrogen) atoms. The van der Waals surface area contributed by atoms with Gasteiger partial charge in [0, 0.05) is 23.6 Å². The minimum atomic E-state index is -0.892. The molecule has 2 aromatic carbocycles. The van der Waals surface area contributed by atoms with Crippen molar-refractivity contribution in [3.05, 3.63) is 59.7 Å². The van der Waals surface area contributed by atoms with Crippen molar-refractivity contribution >= 4 is 23.3 Å². The number of ether oxygens (including phenoxy) is 2. The van der Waals surface area contributed by atoms with E-state index in [-0.39, 0.29) is 24.0 Å². The highest BCUT2D eigenvalue weighted by atomic mass is 16.5. The van der Waals surface area contributed by atoms with E-state index in [9.17, 15) is 14.4 Å². The van der Waals surface area contributed by atoms with Crippen LogP contribution in [0.3, 0.4) is 0 Å². The summed E-state index contributed by atoms with van der Waals surface area (Å²) in [6.07, 6.45) is -0.275. The van der Waals surface area contributed by atoms with Crippen LogP contribution < -0.4 is 10.1 Å². The molecule has 2 aromatic rings. The number of Topliss-reactive ketones (excluding diaryl/α,β-unsaturated/α-hetero) is 1. The normalized spacial score (nSPS) is 11.6. The number of hydrogen-bond acceptors (Lipinski definition) is 5. The van der Waals surface area contributed by atoms with Crippen molar-refractivity contribution in [3.8, 4) is 5.75 Å². The highest BCUT2D eigenvalue weighted by Gasteiger charge is 2.20. The topological polar surface area (TPSA) is 81.7 Å². The molecule has 154 valence electrons. The van der Waals surface area contributed by atoms with Gasteiger partial charge in [0.15, 0.2) is 6.10 Å². The van der Waals surface area contributed by atoms with Crippen LogP contribution in [-0.2, 0) is 20.7 Å². The number of methoxy groups -OCH3 is 1. The summed E-state index contributed by atoms with van der Waals surface area (Å²) in [5.74, 6) is -0.253. The average molecular weight is 397 g/mol. The first-order chi connectivity index (χ1) is 13.8. The third-order valence-corrected chi connectivity index (χ3v) is 4.43. The maximum Gasteiger partial charge on any atom is 0.306 e. The van der Waals surface area contributed by atoms with Gasteiger partial charge in [0.2, 0.25) is 11.7 Å². The Labute approximate surface area is 171 Å². The summed E-state index contributed by atoms with van der Waals surface area (Å²) in [7, 11) is 1.58. The van der Waals surface area contributed by atoms with Gasteiger partial charge in [0.05, 0.1) is 7.11 Å². The van der Waals surface area contributed by atoms with Crippen molar-refractivity contribution in [2.24, 2.45) is 5.92 Å².